The van der Waals surface area contributed by atoms with Crippen molar-refractivity contribution in [1.82, 2.24) is 5.32 Å². The van der Waals surface area contributed by atoms with E-state index in [1.54, 1.807) is 0 Å². The van der Waals surface area contributed by atoms with Crippen molar-refractivity contribution in [2.45, 2.75) is 12.8 Å². The second-order valence-corrected chi connectivity index (χ2v) is 3.13. The van der Waals surface area contributed by atoms with Crippen molar-refractivity contribution in [1.29, 1.82) is 0 Å². The van der Waals surface area contributed by atoms with Gasteiger partial charge in [-0.25, -0.2) is 0 Å². The topological polar surface area (TPSA) is 21.3 Å². The average Bonchev–Trinajstić information content (AvgIpc) is 2.29. The van der Waals surface area contributed by atoms with Crippen LogP contribution in [0.4, 0.5) is 0 Å². The minimum absolute atomic E-state index is 0.000191. The number of nitrogens with one attached hydrogen (secondary N) is 1. The first-order valence-corrected chi connectivity index (χ1v) is 4.70. The highest BCUT2D eigenvalue weighted by molar-refractivity contribution is 5.14. The molecule has 0 amide bonds. The molecule has 2 rings (SSSR count). The van der Waals surface area contributed by atoms with Crippen molar-refractivity contribution in [2.75, 3.05) is 0 Å². The molecular weight excluding hydrogens is 174 g/mol. The maximum absolute atomic E-state index is 5.62. The van der Waals surface area contributed by atoms with Crippen LogP contribution >= 0.6 is 0 Å². The van der Waals surface area contributed by atoms with Gasteiger partial charge in [-0.2, -0.15) is 0 Å². The highest BCUT2D eigenvalue weighted by atomic mass is 16.5. The van der Waals surface area contributed by atoms with Gasteiger partial charge in [0.1, 0.15) is 6.23 Å². The van der Waals surface area contributed by atoms with Crippen LogP contribution in [0.3, 0.4) is 0 Å². The van der Waals surface area contributed by atoms with Crippen molar-refractivity contribution < 1.29 is 4.74 Å². The summed E-state index contributed by atoms with van der Waals surface area (Å²) >= 11 is 0. The fraction of sp³-hybridized carbons (Fsp3) is 0.167. The molecule has 1 aliphatic rings. The molecule has 0 radical (unpaired) electrons. The molecule has 0 saturated heterocycles. The summed E-state index contributed by atoms with van der Waals surface area (Å²) in [7, 11) is 0. The summed E-state index contributed by atoms with van der Waals surface area (Å²) in [6, 6.07) is 10.2. The Hall–Kier alpha value is -1.54. The number of benzene rings is 1. The van der Waals surface area contributed by atoms with Crippen molar-refractivity contribution in [2.24, 2.45) is 0 Å². The minimum Gasteiger partial charge on any atom is -0.363 e. The predicted octanol–water partition coefficient (Wildman–Crippen LogP) is 2.20. The normalized spacial score (nSPS) is 19.3. The van der Waals surface area contributed by atoms with Crippen LogP contribution < -0.4 is 5.32 Å². The molecule has 0 aliphatic carbocycles. The molecule has 1 aromatic rings. The molecule has 0 spiro atoms. The summed E-state index contributed by atoms with van der Waals surface area (Å²) in [5.74, 6) is 0. The fourth-order valence-corrected chi connectivity index (χ4v) is 1.29. The first kappa shape index (κ1) is 9.03. The highest BCUT2D eigenvalue weighted by Crippen LogP contribution is 2.04. The summed E-state index contributed by atoms with van der Waals surface area (Å²) < 4.78 is 5.62. The van der Waals surface area contributed by atoms with E-state index in [9.17, 15) is 0 Å². The second-order valence-electron chi connectivity index (χ2n) is 3.13. The van der Waals surface area contributed by atoms with E-state index in [-0.39, 0.29) is 6.23 Å². The van der Waals surface area contributed by atoms with Crippen molar-refractivity contribution >= 4 is 0 Å². The number of hydrogen-bond donors (Lipinski definition) is 1. The Balaban J connectivity index is 1.83. The van der Waals surface area contributed by atoms with Crippen LogP contribution in [-0.2, 0) is 11.3 Å². The van der Waals surface area contributed by atoms with E-state index in [1.165, 1.54) is 5.56 Å². The molecule has 72 valence electrons. The molecule has 1 atom stereocenters. The third-order valence-electron chi connectivity index (χ3n) is 2.03. The molecular formula is C12H13NO. The van der Waals surface area contributed by atoms with Gasteiger partial charge in [0.2, 0.25) is 0 Å². The average molecular weight is 187 g/mol. The number of allylic oxidation sites excluding steroid dienone is 2. The van der Waals surface area contributed by atoms with Crippen LogP contribution in [0.2, 0.25) is 0 Å². The minimum atomic E-state index is 0.000191. The Morgan fingerprint density at radius 2 is 2.00 bits per heavy atom. The Morgan fingerprint density at radius 3 is 2.71 bits per heavy atom. The van der Waals surface area contributed by atoms with Crippen molar-refractivity contribution in [3.05, 3.63) is 60.3 Å². The van der Waals surface area contributed by atoms with E-state index >= 15 is 0 Å². The van der Waals surface area contributed by atoms with Crippen molar-refractivity contribution in [3.8, 4) is 0 Å². The maximum Gasteiger partial charge on any atom is 0.147 e. The molecule has 14 heavy (non-hydrogen) atoms. The van der Waals surface area contributed by atoms with Gasteiger partial charge in [0.25, 0.3) is 0 Å². The molecule has 1 unspecified atom stereocenters. The Morgan fingerprint density at radius 1 is 1.14 bits per heavy atom. The van der Waals surface area contributed by atoms with Gasteiger partial charge in [-0.3, -0.25) is 0 Å². The van der Waals surface area contributed by atoms with Crippen LogP contribution in [0.1, 0.15) is 5.56 Å². The van der Waals surface area contributed by atoms with E-state index in [1.807, 2.05) is 42.6 Å². The maximum atomic E-state index is 5.62. The lowest BCUT2D eigenvalue weighted by molar-refractivity contribution is 0.0581. The highest BCUT2D eigenvalue weighted by Gasteiger charge is 2.03. The van der Waals surface area contributed by atoms with Crippen LogP contribution in [0.25, 0.3) is 0 Å². The first-order valence-electron chi connectivity index (χ1n) is 4.70. The van der Waals surface area contributed by atoms with Gasteiger partial charge < -0.3 is 10.1 Å². The van der Waals surface area contributed by atoms with Crippen LogP contribution in [0.15, 0.2) is 54.8 Å². The summed E-state index contributed by atoms with van der Waals surface area (Å²) in [6.07, 6.45) is 7.80. The van der Waals surface area contributed by atoms with Crippen molar-refractivity contribution in [3.63, 3.8) is 0 Å². The quantitative estimate of drug-likeness (QED) is 0.783. The largest absolute Gasteiger partial charge is 0.363 e. The van der Waals surface area contributed by atoms with E-state index < -0.39 is 0 Å². The number of dihydropyridines is 1. The lowest BCUT2D eigenvalue weighted by Gasteiger charge is -2.16. The summed E-state index contributed by atoms with van der Waals surface area (Å²) in [6.45, 7) is 0.636. The molecule has 0 bridgehead atoms. The molecule has 0 saturated carbocycles. The molecule has 1 aliphatic heterocycles. The van der Waals surface area contributed by atoms with E-state index in [0.29, 0.717) is 6.61 Å². The third kappa shape index (κ3) is 2.47. The smallest absolute Gasteiger partial charge is 0.147 e. The Labute approximate surface area is 83.9 Å². The molecule has 2 heteroatoms. The molecule has 1 aromatic carbocycles. The summed E-state index contributed by atoms with van der Waals surface area (Å²) in [5, 5.41) is 3.10. The SMILES string of the molecule is C1=CNC(OCc2ccccc2)C=C1. The third-order valence-corrected chi connectivity index (χ3v) is 2.03. The lowest BCUT2D eigenvalue weighted by Crippen LogP contribution is -2.26. The van der Waals surface area contributed by atoms with Gasteiger partial charge in [0.05, 0.1) is 6.61 Å². The van der Waals surface area contributed by atoms with Gasteiger partial charge in [0, 0.05) is 0 Å². The molecule has 1 heterocycles. The number of ether oxygens (including phenoxy) is 1. The second kappa shape index (κ2) is 4.63. The Kier molecular flexibility index (Phi) is 2.99. The fourth-order valence-electron chi connectivity index (χ4n) is 1.29. The van der Waals surface area contributed by atoms with Crippen LogP contribution in [0.5, 0.6) is 0 Å². The zero-order valence-electron chi connectivity index (χ0n) is 7.89. The van der Waals surface area contributed by atoms with Gasteiger partial charge in [0.15, 0.2) is 0 Å². The van der Waals surface area contributed by atoms with Crippen LogP contribution in [0, 0.1) is 0 Å². The monoisotopic (exact) mass is 187 g/mol. The van der Waals surface area contributed by atoms with Gasteiger partial charge >= 0.3 is 0 Å². The lowest BCUT2D eigenvalue weighted by atomic mass is 10.2. The Bertz CT molecular complexity index is 329. The number of rotatable bonds is 3. The van der Waals surface area contributed by atoms with Gasteiger partial charge in [-0.05, 0) is 23.9 Å². The standard InChI is InChI=1S/C12H13NO/c1-2-6-11(7-3-1)10-14-12-8-4-5-9-13-12/h1-9,12-13H,10H2. The predicted molar refractivity (Wildman–Crippen MR) is 56.4 cm³/mol. The molecule has 0 fully saturated rings. The van der Waals surface area contributed by atoms with E-state index in [2.05, 4.69) is 17.4 Å². The zero-order valence-corrected chi connectivity index (χ0v) is 7.89. The molecule has 2 nitrogen and oxygen atoms in total. The number of hydrogen-bond acceptors (Lipinski definition) is 2. The summed E-state index contributed by atoms with van der Waals surface area (Å²) in [5.41, 5.74) is 1.19. The van der Waals surface area contributed by atoms with Gasteiger partial charge in [-0.15, -0.1) is 0 Å². The molecule has 1 N–H and O–H groups in total. The summed E-state index contributed by atoms with van der Waals surface area (Å²) in [4.78, 5) is 0. The van der Waals surface area contributed by atoms with E-state index in [0.717, 1.165) is 0 Å². The van der Waals surface area contributed by atoms with Gasteiger partial charge in [-0.1, -0.05) is 36.4 Å². The first-order chi connectivity index (χ1) is 6.95. The van der Waals surface area contributed by atoms with Crippen LogP contribution in [-0.4, -0.2) is 6.23 Å². The van der Waals surface area contributed by atoms with E-state index in [4.69, 9.17) is 4.74 Å². The molecule has 0 aromatic heterocycles. The zero-order chi connectivity index (χ0) is 9.64.